The fourth-order valence-electron chi connectivity index (χ4n) is 2.83. The second-order valence-electron chi connectivity index (χ2n) is 5.42. The van der Waals surface area contributed by atoms with Gasteiger partial charge in [-0.05, 0) is 33.2 Å². The molecular weight excluding hydrogens is 232 g/mol. The molecule has 1 amide bonds. The first-order valence-corrected chi connectivity index (χ1v) is 7.80. The summed E-state index contributed by atoms with van der Waals surface area (Å²) >= 11 is 1.99. The van der Waals surface area contributed by atoms with Crippen LogP contribution in [0.5, 0.6) is 0 Å². The summed E-state index contributed by atoms with van der Waals surface area (Å²) in [4.78, 5) is 14.7. The number of carbonyl (C=O) groups excluding carboxylic acids is 1. The Hall–Kier alpha value is -0.220. The lowest BCUT2D eigenvalue weighted by atomic mass is 9.91. The summed E-state index contributed by atoms with van der Waals surface area (Å²) in [6, 6.07) is 0.885. The number of hydrogen-bond acceptors (Lipinski definition) is 3. The van der Waals surface area contributed by atoms with E-state index < -0.39 is 0 Å². The van der Waals surface area contributed by atoms with Crippen molar-refractivity contribution >= 4 is 17.7 Å². The van der Waals surface area contributed by atoms with E-state index in [9.17, 15) is 4.79 Å². The maximum absolute atomic E-state index is 12.5. The molecular formula is C13H24N2OS. The molecule has 4 atom stereocenters. The van der Waals surface area contributed by atoms with Crippen LogP contribution in [0.4, 0.5) is 0 Å². The molecule has 98 valence electrons. The number of piperidine rings is 1. The zero-order valence-electron chi connectivity index (χ0n) is 11.1. The topological polar surface area (TPSA) is 32.3 Å². The molecule has 2 unspecified atom stereocenters. The molecule has 0 radical (unpaired) electrons. The third-order valence-corrected chi connectivity index (χ3v) is 5.48. The van der Waals surface area contributed by atoms with Crippen molar-refractivity contribution in [2.45, 2.75) is 50.9 Å². The van der Waals surface area contributed by atoms with Crippen molar-refractivity contribution in [1.82, 2.24) is 10.2 Å². The summed E-state index contributed by atoms with van der Waals surface area (Å²) in [5.41, 5.74) is 0. The van der Waals surface area contributed by atoms with Crippen molar-refractivity contribution in [3.05, 3.63) is 0 Å². The molecule has 0 aromatic rings. The highest BCUT2D eigenvalue weighted by Crippen LogP contribution is 2.27. The number of amides is 1. The largest absolute Gasteiger partial charge is 0.338 e. The van der Waals surface area contributed by atoms with E-state index >= 15 is 0 Å². The Labute approximate surface area is 109 Å². The van der Waals surface area contributed by atoms with E-state index in [0.29, 0.717) is 23.2 Å². The molecule has 0 spiro atoms. The second-order valence-corrected chi connectivity index (χ2v) is 6.91. The predicted octanol–water partition coefficient (Wildman–Crippen LogP) is 1.73. The molecule has 4 heteroatoms. The van der Waals surface area contributed by atoms with E-state index in [-0.39, 0.29) is 5.92 Å². The first-order valence-electron chi connectivity index (χ1n) is 6.75. The SMILES string of the molecule is CC1SCCN(C(=O)[C@H]2CCN[C@@H](C)C2)C1C. The van der Waals surface area contributed by atoms with Crippen LogP contribution < -0.4 is 5.32 Å². The predicted molar refractivity (Wildman–Crippen MR) is 73.3 cm³/mol. The fraction of sp³-hybridized carbons (Fsp3) is 0.923. The minimum atomic E-state index is 0.254. The Bertz CT molecular complexity index is 285. The molecule has 2 aliphatic rings. The Morgan fingerprint density at radius 1 is 1.35 bits per heavy atom. The highest BCUT2D eigenvalue weighted by molar-refractivity contribution is 8.00. The van der Waals surface area contributed by atoms with E-state index in [1.54, 1.807) is 0 Å². The number of hydrogen-bond donors (Lipinski definition) is 1. The van der Waals surface area contributed by atoms with E-state index in [1.165, 1.54) is 0 Å². The first-order chi connectivity index (χ1) is 8.09. The Morgan fingerprint density at radius 3 is 2.82 bits per heavy atom. The number of carbonyl (C=O) groups is 1. The van der Waals surface area contributed by atoms with Crippen LogP contribution in [-0.4, -0.2) is 47.0 Å². The lowest BCUT2D eigenvalue weighted by Crippen LogP contribution is -2.52. The minimum Gasteiger partial charge on any atom is -0.338 e. The van der Waals surface area contributed by atoms with Gasteiger partial charge in [-0.15, -0.1) is 0 Å². The van der Waals surface area contributed by atoms with Crippen LogP contribution in [0.3, 0.4) is 0 Å². The number of thioether (sulfide) groups is 1. The molecule has 2 aliphatic heterocycles. The molecule has 3 nitrogen and oxygen atoms in total. The third kappa shape index (κ3) is 2.97. The molecule has 0 aromatic carbocycles. The monoisotopic (exact) mass is 256 g/mol. The average Bonchev–Trinajstić information content (AvgIpc) is 2.32. The molecule has 2 saturated heterocycles. The molecule has 17 heavy (non-hydrogen) atoms. The lowest BCUT2D eigenvalue weighted by molar-refractivity contribution is -0.138. The van der Waals surface area contributed by atoms with Crippen molar-refractivity contribution in [2.24, 2.45) is 5.92 Å². The van der Waals surface area contributed by atoms with Gasteiger partial charge in [0.1, 0.15) is 0 Å². The van der Waals surface area contributed by atoms with E-state index in [0.717, 1.165) is 31.7 Å². The van der Waals surface area contributed by atoms with Gasteiger partial charge in [-0.1, -0.05) is 6.92 Å². The lowest BCUT2D eigenvalue weighted by Gasteiger charge is -2.40. The van der Waals surface area contributed by atoms with Crippen LogP contribution >= 0.6 is 11.8 Å². The van der Waals surface area contributed by atoms with Crippen LogP contribution in [0.15, 0.2) is 0 Å². The smallest absolute Gasteiger partial charge is 0.226 e. The summed E-state index contributed by atoms with van der Waals surface area (Å²) in [6.07, 6.45) is 2.01. The van der Waals surface area contributed by atoms with Gasteiger partial charge in [0, 0.05) is 35.5 Å². The number of nitrogens with zero attached hydrogens (tertiary/aromatic N) is 1. The summed E-state index contributed by atoms with van der Waals surface area (Å²) < 4.78 is 0. The van der Waals surface area contributed by atoms with E-state index in [2.05, 4.69) is 31.0 Å². The normalized spacial score (nSPS) is 39.1. The van der Waals surface area contributed by atoms with Gasteiger partial charge in [0.15, 0.2) is 0 Å². The Kier molecular flexibility index (Phi) is 4.36. The molecule has 2 fully saturated rings. The standard InChI is InChI=1S/C13H24N2OS/c1-9-8-12(4-5-14-9)13(16)15-6-7-17-11(3)10(15)2/h9-12,14H,4-8H2,1-3H3/t9-,10?,11?,12-/m0/s1. The van der Waals surface area contributed by atoms with Gasteiger partial charge in [0.2, 0.25) is 5.91 Å². The molecule has 1 N–H and O–H groups in total. The summed E-state index contributed by atoms with van der Waals surface area (Å²) in [7, 11) is 0. The maximum Gasteiger partial charge on any atom is 0.226 e. The molecule has 0 bridgehead atoms. The van der Waals surface area contributed by atoms with E-state index in [1.807, 2.05) is 11.8 Å². The van der Waals surface area contributed by atoms with Gasteiger partial charge in [-0.3, -0.25) is 4.79 Å². The second kappa shape index (κ2) is 5.61. The summed E-state index contributed by atoms with van der Waals surface area (Å²) in [5.74, 6) is 1.75. The van der Waals surface area contributed by atoms with Crippen LogP contribution in [0, 0.1) is 5.92 Å². The van der Waals surface area contributed by atoms with Gasteiger partial charge in [-0.2, -0.15) is 11.8 Å². The van der Waals surface area contributed by atoms with Crippen molar-refractivity contribution < 1.29 is 4.79 Å². The van der Waals surface area contributed by atoms with Crippen LogP contribution in [0.1, 0.15) is 33.6 Å². The van der Waals surface area contributed by atoms with Gasteiger partial charge < -0.3 is 10.2 Å². The van der Waals surface area contributed by atoms with Crippen molar-refractivity contribution in [1.29, 1.82) is 0 Å². The molecule has 0 aliphatic carbocycles. The van der Waals surface area contributed by atoms with Crippen molar-refractivity contribution in [2.75, 3.05) is 18.8 Å². The van der Waals surface area contributed by atoms with Crippen molar-refractivity contribution in [3.8, 4) is 0 Å². The third-order valence-electron chi connectivity index (χ3n) is 4.14. The zero-order chi connectivity index (χ0) is 12.4. The van der Waals surface area contributed by atoms with Gasteiger partial charge in [0.25, 0.3) is 0 Å². The van der Waals surface area contributed by atoms with Crippen LogP contribution in [0.2, 0.25) is 0 Å². The van der Waals surface area contributed by atoms with Crippen molar-refractivity contribution in [3.63, 3.8) is 0 Å². The summed E-state index contributed by atoms with van der Waals surface area (Å²) in [6.45, 7) is 8.54. The van der Waals surface area contributed by atoms with E-state index in [4.69, 9.17) is 0 Å². The number of nitrogens with one attached hydrogen (secondary N) is 1. The Balaban J connectivity index is 1.98. The Morgan fingerprint density at radius 2 is 2.12 bits per heavy atom. The minimum absolute atomic E-state index is 0.254. The van der Waals surface area contributed by atoms with Gasteiger partial charge in [-0.25, -0.2) is 0 Å². The molecule has 2 rings (SSSR count). The van der Waals surface area contributed by atoms with Gasteiger partial charge >= 0.3 is 0 Å². The molecule has 0 saturated carbocycles. The average molecular weight is 256 g/mol. The molecule has 2 heterocycles. The maximum atomic E-state index is 12.5. The first kappa shape index (κ1) is 13.2. The van der Waals surface area contributed by atoms with Crippen LogP contribution in [-0.2, 0) is 4.79 Å². The highest BCUT2D eigenvalue weighted by Gasteiger charge is 2.34. The quantitative estimate of drug-likeness (QED) is 0.775. The highest BCUT2D eigenvalue weighted by atomic mass is 32.2. The molecule has 0 aromatic heterocycles. The fourth-order valence-corrected chi connectivity index (χ4v) is 3.93. The van der Waals surface area contributed by atoms with Gasteiger partial charge in [0.05, 0.1) is 0 Å². The van der Waals surface area contributed by atoms with Crippen LogP contribution in [0.25, 0.3) is 0 Å². The zero-order valence-corrected chi connectivity index (χ0v) is 11.9. The summed E-state index contributed by atoms with van der Waals surface area (Å²) in [5, 5.41) is 3.99. The number of rotatable bonds is 1.